The molecule has 0 aliphatic rings. The van der Waals surface area contributed by atoms with Gasteiger partial charge in [0.1, 0.15) is 0 Å². The molecule has 1 atom stereocenters. The van der Waals surface area contributed by atoms with E-state index in [9.17, 15) is 0 Å². The third-order valence-corrected chi connectivity index (χ3v) is 4.17. The van der Waals surface area contributed by atoms with Crippen molar-refractivity contribution in [2.45, 2.75) is 32.7 Å². The molecule has 0 bridgehead atoms. The van der Waals surface area contributed by atoms with Crippen molar-refractivity contribution in [3.63, 3.8) is 0 Å². The molecule has 108 valence electrons. The Morgan fingerprint density at radius 2 is 2.00 bits per heavy atom. The standard InChI is InChI=1S/C16H22BrN3/c1-4-18-15(16-14(17)11-19-20(16)3)10-9-13-7-5-12(2)6-8-13/h5-8,11,15,18H,4,9-10H2,1-3H3. The molecule has 2 rings (SSSR count). The van der Waals surface area contributed by atoms with Crippen LogP contribution in [0.3, 0.4) is 0 Å². The highest BCUT2D eigenvalue weighted by atomic mass is 79.9. The number of benzene rings is 1. The molecule has 0 radical (unpaired) electrons. The van der Waals surface area contributed by atoms with Gasteiger partial charge >= 0.3 is 0 Å². The second-order valence-corrected chi connectivity index (χ2v) is 5.99. The maximum atomic E-state index is 4.32. The van der Waals surface area contributed by atoms with Crippen LogP contribution >= 0.6 is 15.9 Å². The molecule has 0 amide bonds. The first kappa shape index (κ1) is 15.3. The van der Waals surface area contributed by atoms with Gasteiger partial charge in [-0.2, -0.15) is 5.10 Å². The van der Waals surface area contributed by atoms with Gasteiger partial charge in [-0.25, -0.2) is 0 Å². The fourth-order valence-corrected chi connectivity index (χ4v) is 3.08. The smallest absolute Gasteiger partial charge is 0.0692 e. The van der Waals surface area contributed by atoms with E-state index in [0.29, 0.717) is 6.04 Å². The van der Waals surface area contributed by atoms with Crippen molar-refractivity contribution in [2.75, 3.05) is 6.54 Å². The monoisotopic (exact) mass is 335 g/mol. The van der Waals surface area contributed by atoms with Crippen LogP contribution in [0, 0.1) is 6.92 Å². The van der Waals surface area contributed by atoms with Crippen molar-refractivity contribution in [3.05, 3.63) is 51.8 Å². The summed E-state index contributed by atoms with van der Waals surface area (Å²) in [6, 6.07) is 9.12. The number of nitrogens with zero attached hydrogens (tertiary/aromatic N) is 2. The van der Waals surface area contributed by atoms with Gasteiger partial charge in [0, 0.05) is 7.05 Å². The van der Waals surface area contributed by atoms with Gasteiger partial charge < -0.3 is 5.32 Å². The van der Waals surface area contributed by atoms with E-state index < -0.39 is 0 Å². The van der Waals surface area contributed by atoms with Gasteiger partial charge in [-0.15, -0.1) is 0 Å². The van der Waals surface area contributed by atoms with Crippen molar-refractivity contribution < 1.29 is 0 Å². The van der Waals surface area contributed by atoms with Crippen LogP contribution < -0.4 is 5.32 Å². The summed E-state index contributed by atoms with van der Waals surface area (Å²) in [6.45, 7) is 5.22. The first-order valence-corrected chi connectivity index (χ1v) is 7.87. The average molecular weight is 336 g/mol. The number of nitrogens with one attached hydrogen (secondary N) is 1. The molecule has 0 saturated heterocycles. The molecule has 1 N–H and O–H groups in total. The van der Waals surface area contributed by atoms with E-state index in [-0.39, 0.29) is 0 Å². The van der Waals surface area contributed by atoms with Crippen molar-refractivity contribution in [2.24, 2.45) is 7.05 Å². The highest BCUT2D eigenvalue weighted by Gasteiger charge is 2.17. The fraction of sp³-hybridized carbons (Fsp3) is 0.438. The lowest BCUT2D eigenvalue weighted by Crippen LogP contribution is -2.24. The average Bonchev–Trinajstić information content (AvgIpc) is 2.76. The van der Waals surface area contributed by atoms with Gasteiger partial charge in [-0.05, 0) is 47.8 Å². The molecule has 0 spiro atoms. The van der Waals surface area contributed by atoms with E-state index in [1.54, 1.807) is 0 Å². The van der Waals surface area contributed by atoms with Crippen molar-refractivity contribution >= 4 is 15.9 Å². The lowest BCUT2D eigenvalue weighted by Gasteiger charge is -2.19. The van der Waals surface area contributed by atoms with Gasteiger partial charge in [-0.1, -0.05) is 36.8 Å². The zero-order chi connectivity index (χ0) is 14.5. The minimum atomic E-state index is 0.322. The van der Waals surface area contributed by atoms with Crippen LogP contribution in [-0.4, -0.2) is 16.3 Å². The maximum absolute atomic E-state index is 4.32. The molecule has 3 nitrogen and oxygen atoms in total. The summed E-state index contributed by atoms with van der Waals surface area (Å²) >= 11 is 3.60. The summed E-state index contributed by atoms with van der Waals surface area (Å²) in [6.07, 6.45) is 4.00. The topological polar surface area (TPSA) is 29.9 Å². The van der Waals surface area contributed by atoms with E-state index >= 15 is 0 Å². The number of aryl methyl sites for hydroxylation is 3. The molecule has 0 fully saturated rings. The molecule has 0 aliphatic heterocycles. The summed E-state index contributed by atoms with van der Waals surface area (Å²) in [7, 11) is 2.00. The second-order valence-electron chi connectivity index (χ2n) is 5.14. The lowest BCUT2D eigenvalue weighted by atomic mass is 10.0. The predicted molar refractivity (Wildman–Crippen MR) is 86.8 cm³/mol. The van der Waals surface area contributed by atoms with E-state index in [0.717, 1.165) is 23.9 Å². The number of aromatic nitrogens is 2. The van der Waals surface area contributed by atoms with Gasteiger partial charge in [0.25, 0.3) is 0 Å². The third-order valence-electron chi connectivity index (χ3n) is 3.56. The largest absolute Gasteiger partial charge is 0.309 e. The minimum Gasteiger partial charge on any atom is -0.309 e. The molecular weight excluding hydrogens is 314 g/mol. The Morgan fingerprint density at radius 3 is 2.55 bits per heavy atom. The van der Waals surface area contributed by atoms with E-state index in [1.165, 1.54) is 16.8 Å². The normalized spacial score (nSPS) is 12.6. The molecule has 0 aliphatic carbocycles. The molecule has 0 saturated carbocycles. The Kier molecular flexibility index (Phi) is 5.38. The van der Waals surface area contributed by atoms with Crippen molar-refractivity contribution in [1.82, 2.24) is 15.1 Å². The molecule has 1 heterocycles. The predicted octanol–water partition coefficient (Wildman–Crippen LogP) is 3.77. The van der Waals surface area contributed by atoms with E-state index in [2.05, 4.69) is 64.5 Å². The Bertz CT molecular complexity index is 526. The quantitative estimate of drug-likeness (QED) is 0.870. The first-order chi connectivity index (χ1) is 9.61. The van der Waals surface area contributed by atoms with Gasteiger partial charge in [-0.3, -0.25) is 4.68 Å². The van der Waals surface area contributed by atoms with Gasteiger partial charge in [0.15, 0.2) is 0 Å². The molecule has 1 unspecified atom stereocenters. The third kappa shape index (κ3) is 3.70. The van der Waals surface area contributed by atoms with Crippen molar-refractivity contribution in [3.8, 4) is 0 Å². The Morgan fingerprint density at radius 1 is 1.30 bits per heavy atom. The maximum Gasteiger partial charge on any atom is 0.0692 e. The molecule has 4 heteroatoms. The molecule has 20 heavy (non-hydrogen) atoms. The summed E-state index contributed by atoms with van der Waals surface area (Å²) in [4.78, 5) is 0. The SMILES string of the molecule is CCNC(CCc1ccc(C)cc1)c1c(Br)cnn1C. The van der Waals surface area contributed by atoms with Crippen LogP contribution in [0.2, 0.25) is 0 Å². The molecule has 1 aromatic heterocycles. The zero-order valence-electron chi connectivity index (χ0n) is 12.4. The fourth-order valence-electron chi connectivity index (χ4n) is 2.46. The van der Waals surface area contributed by atoms with Crippen LogP contribution in [0.1, 0.15) is 36.2 Å². The van der Waals surface area contributed by atoms with Crippen LogP contribution in [0.25, 0.3) is 0 Å². The van der Waals surface area contributed by atoms with Crippen LogP contribution in [0.5, 0.6) is 0 Å². The van der Waals surface area contributed by atoms with E-state index in [1.807, 2.05) is 17.9 Å². The lowest BCUT2D eigenvalue weighted by molar-refractivity contribution is 0.479. The summed E-state index contributed by atoms with van der Waals surface area (Å²) in [5.41, 5.74) is 3.92. The Balaban J connectivity index is 2.08. The Hall–Kier alpha value is -1.13. The van der Waals surface area contributed by atoms with Crippen LogP contribution in [-0.2, 0) is 13.5 Å². The highest BCUT2D eigenvalue weighted by Crippen LogP contribution is 2.26. The van der Waals surface area contributed by atoms with Gasteiger partial charge in [0.2, 0.25) is 0 Å². The molecule has 1 aromatic carbocycles. The minimum absolute atomic E-state index is 0.322. The summed E-state index contributed by atoms with van der Waals surface area (Å²) in [5, 5.41) is 7.87. The van der Waals surface area contributed by atoms with Crippen LogP contribution in [0.4, 0.5) is 0 Å². The summed E-state index contributed by atoms with van der Waals surface area (Å²) < 4.78 is 3.03. The van der Waals surface area contributed by atoms with E-state index in [4.69, 9.17) is 0 Å². The highest BCUT2D eigenvalue weighted by molar-refractivity contribution is 9.10. The number of rotatable bonds is 6. The number of hydrogen-bond acceptors (Lipinski definition) is 2. The molecule has 2 aromatic rings. The van der Waals surface area contributed by atoms with Crippen molar-refractivity contribution in [1.29, 1.82) is 0 Å². The first-order valence-electron chi connectivity index (χ1n) is 7.08. The number of halogens is 1. The zero-order valence-corrected chi connectivity index (χ0v) is 13.9. The second kappa shape index (κ2) is 7.04. The Labute approximate surface area is 129 Å². The van der Waals surface area contributed by atoms with Crippen LogP contribution in [0.15, 0.2) is 34.9 Å². The summed E-state index contributed by atoms with van der Waals surface area (Å²) in [5.74, 6) is 0. The number of hydrogen-bond donors (Lipinski definition) is 1. The molecular formula is C16H22BrN3. The van der Waals surface area contributed by atoms with Gasteiger partial charge in [0.05, 0.1) is 22.4 Å².